The number of hydrogen-bond acceptors (Lipinski definition) is 6. The Labute approximate surface area is 221 Å². The van der Waals surface area contributed by atoms with Crippen LogP contribution in [-0.4, -0.2) is 42.9 Å². The molecule has 5 heterocycles. The summed E-state index contributed by atoms with van der Waals surface area (Å²) in [5, 5.41) is 3.86. The van der Waals surface area contributed by atoms with Crippen LogP contribution in [-0.2, 0) is 6.54 Å². The maximum absolute atomic E-state index is 15.9. The van der Waals surface area contributed by atoms with E-state index < -0.39 is 17.3 Å². The monoisotopic (exact) mass is 524 g/mol. The molecule has 1 fully saturated rings. The maximum atomic E-state index is 15.9. The molecule has 1 saturated heterocycles. The normalized spacial score (nSPS) is 16.9. The van der Waals surface area contributed by atoms with Crippen molar-refractivity contribution in [2.75, 3.05) is 18.8 Å². The zero-order valence-corrected chi connectivity index (χ0v) is 20.8. The summed E-state index contributed by atoms with van der Waals surface area (Å²) in [7, 11) is 0. The van der Waals surface area contributed by atoms with Gasteiger partial charge in [-0.1, -0.05) is 30.3 Å². The van der Waals surface area contributed by atoms with E-state index in [9.17, 15) is 9.59 Å². The molecule has 0 bridgehead atoms. The third-order valence-corrected chi connectivity index (χ3v) is 7.87. The van der Waals surface area contributed by atoms with Gasteiger partial charge in [0.05, 0.1) is 22.8 Å². The van der Waals surface area contributed by atoms with E-state index in [4.69, 9.17) is 11.5 Å². The standard InChI is InChI=1S/C28H25FN8O2/c29-21-10-15(6-7-19(21)20-13-35(17-11-32-12-17)27-22(20)25(30)33-14-34-27)18-8-9-36-24(18)23(26(31)38)28(39)37(36)16-4-2-1-3-5-16/h1-7,10,13-14,17-18,32H,8-9,11-12H2,(H2,31,38)(H2,30,33,34). The number of carbonyl (C=O) groups is 1. The number of benzene rings is 2. The van der Waals surface area contributed by atoms with E-state index >= 15 is 4.39 Å². The predicted octanol–water partition coefficient (Wildman–Crippen LogP) is 2.55. The molecule has 0 radical (unpaired) electrons. The molecule has 2 aliphatic heterocycles. The van der Waals surface area contributed by atoms with Gasteiger partial charge in [-0.25, -0.2) is 19.0 Å². The summed E-state index contributed by atoms with van der Waals surface area (Å²) in [6.07, 6.45) is 3.90. The smallest absolute Gasteiger partial charge is 0.284 e. The number of carbonyl (C=O) groups excluding carboxylic acids is 1. The van der Waals surface area contributed by atoms with Gasteiger partial charge in [-0.2, -0.15) is 0 Å². The van der Waals surface area contributed by atoms with Gasteiger partial charge in [0, 0.05) is 42.9 Å². The number of nitrogens with two attached hydrogens (primary N) is 2. The molecule has 196 valence electrons. The number of amides is 1. The molecular weight excluding hydrogens is 499 g/mol. The largest absolute Gasteiger partial charge is 0.383 e. The first-order valence-corrected chi connectivity index (χ1v) is 12.8. The van der Waals surface area contributed by atoms with Gasteiger partial charge in [-0.05, 0) is 30.2 Å². The Morgan fingerprint density at radius 1 is 1.08 bits per heavy atom. The SMILES string of the molecule is NC(=O)c1c2n(n(-c3ccccc3)c1=O)CCC2c1ccc(-c2cn(C3CNC3)c3ncnc(N)c23)c(F)c1. The minimum absolute atomic E-state index is 0.0621. The number of hydrogen-bond donors (Lipinski definition) is 3. The van der Waals surface area contributed by atoms with Crippen LogP contribution in [0.2, 0.25) is 0 Å². The van der Waals surface area contributed by atoms with Crippen LogP contribution in [0.25, 0.3) is 27.8 Å². The van der Waals surface area contributed by atoms with Crippen molar-refractivity contribution in [2.24, 2.45) is 5.73 Å². The molecule has 7 rings (SSSR count). The fraction of sp³-hybridized carbons (Fsp3) is 0.214. The fourth-order valence-electron chi connectivity index (χ4n) is 5.93. The molecule has 5 aromatic rings. The summed E-state index contributed by atoms with van der Waals surface area (Å²) in [6, 6.07) is 14.3. The molecule has 0 spiro atoms. The first-order chi connectivity index (χ1) is 18.9. The average Bonchev–Trinajstić information content (AvgIpc) is 3.55. The Morgan fingerprint density at radius 2 is 1.87 bits per heavy atom. The molecule has 1 atom stereocenters. The van der Waals surface area contributed by atoms with E-state index in [0.29, 0.717) is 52.1 Å². The van der Waals surface area contributed by atoms with Gasteiger partial charge < -0.3 is 21.4 Å². The van der Waals surface area contributed by atoms with Crippen molar-refractivity contribution >= 4 is 22.8 Å². The molecule has 0 aliphatic carbocycles. The van der Waals surface area contributed by atoms with Crippen molar-refractivity contribution in [2.45, 2.75) is 24.9 Å². The number of nitrogens with zero attached hydrogens (tertiary/aromatic N) is 5. The van der Waals surface area contributed by atoms with Crippen molar-refractivity contribution in [3.63, 3.8) is 0 Å². The van der Waals surface area contributed by atoms with E-state index in [1.165, 1.54) is 17.1 Å². The minimum Gasteiger partial charge on any atom is -0.383 e. The van der Waals surface area contributed by atoms with Gasteiger partial charge in [0.25, 0.3) is 11.5 Å². The van der Waals surface area contributed by atoms with Crippen LogP contribution in [0.5, 0.6) is 0 Å². The Bertz CT molecular complexity index is 1830. The highest BCUT2D eigenvalue weighted by atomic mass is 19.1. The number of halogens is 1. The number of fused-ring (bicyclic) bond motifs is 2. The minimum atomic E-state index is -0.795. The third kappa shape index (κ3) is 3.43. The predicted molar refractivity (Wildman–Crippen MR) is 144 cm³/mol. The lowest BCUT2D eigenvalue weighted by molar-refractivity contribution is 0.0998. The summed E-state index contributed by atoms with van der Waals surface area (Å²) in [6.45, 7) is 2.07. The van der Waals surface area contributed by atoms with Crippen molar-refractivity contribution in [1.29, 1.82) is 0 Å². The van der Waals surface area contributed by atoms with E-state index in [-0.39, 0.29) is 23.3 Å². The average molecular weight is 525 g/mol. The Balaban J connectivity index is 1.34. The molecule has 5 N–H and O–H groups in total. The first-order valence-electron chi connectivity index (χ1n) is 12.8. The van der Waals surface area contributed by atoms with Crippen LogP contribution < -0.4 is 22.3 Å². The van der Waals surface area contributed by atoms with Crippen LogP contribution >= 0.6 is 0 Å². The number of nitrogens with one attached hydrogen (secondary N) is 1. The van der Waals surface area contributed by atoms with Crippen molar-refractivity contribution in [3.8, 4) is 16.8 Å². The number of rotatable bonds is 5. The quantitative estimate of drug-likeness (QED) is 0.323. The fourth-order valence-corrected chi connectivity index (χ4v) is 5.93. The van der Waals surface area contributed by atoms with E-state index in [1.54, 1.807) is 22.9 Å². The first kappa shape index (κ1) is 23.4. The molecular formula is C28H25FN8O2. The molecule has 3 aromatic heterocycles. The summed E-state index contributed by atoms with van der Waals surface area (Å²) < 4.78 is 21.2. The highest BCUT2D eigenvalue weighted by Crippen LogP contribution is 2.40. The molecule has 2 aliphatic rings. The highest BCUT2D eigenvalue weighted by molar-refractivity contribution is 6.01. The molecule has 39 heavy (non-hydrogen) atoms. The van der Waals surface area contributed by atoms with Gasteiger partial charge in [-0.3, -0.25) is 14.3 Å². The summed E-state index contributed by atoms with van der Waals surface area (Å²) >= 11 is 0. The Hall–Kier alpha value is -4.77. The van der Waals surface area contributed by atoms with E-state index in [0.717, 1.165) is 13.1 Å². The van der Waals surface area contributed by atoms with Crippen LogP contribution in [0, 0.1) is 5.82 Å². The second kappa shape index (κ2) is 8.63. The van der Waals surface area contributed by atoms with Gasteiger partial charge in [0.15, 0.2) is 0 Å². The van der Waals surface area contributed by atoms with Crippen LogP contribution in [0.1, 0.15) is 40.0 Å². The molecule has 10 nitrogen and oxygen atoms in total. The number of para-hydroxylation sites is 1. The highest BCUT2D eigenvalue weighted by Gasteiger charge is 2.35. The molecule has 11 heteroatoms. The maximum Gasteiger partial charge on any atom is 0.284 e. The zero-order valence-electron chi connectivity index (χ0n) is 20.8. The van der Waals surface area contributed by atoms with Crippen molar-refractivity contribution in [3.05, 3.63) is 94.0 Å². The third-order valence-electron chi connectivity index (χ3n) is 7.87. The van der Waals surface area contributed by atoms with Crippen molar-refractivity contribution < 1.29 is 9.18 Å². The Kier molecular flexibility index (Phi) is 5.17. The number of aromatic nitrogens is 5. The summed E-state index contributed by atoms with van der Waals surface area (Å²) in [4.78, 5) is 34.3. The lowest BCUT2D eigenvalue weighted by Gasteiger charge is -2.28. The molecule has 2 aromatic carbocycles. The second-order valence-corrected chi connectivity index (χ2v) is 10.0. The second-order valence-electron chi connectivity index (χ2n) is 10.0. The van der Waals surface area contributed by atoms with Gasteiger partial charge in [-0.15, -0.1) is 0 Å². The number of anilines is 1. The molecule has 0 saturated carbocycles. The molecule has 1 unspecified atom stereocenters. The van der Waals surface area contributed by atoms with E-state index in [1.807, 2.05) is 35.0 Å². The van der Waals surface area contributed by atoms with E-state index in [2.05, 4.69) is 15.3 Å². The number of nitrogen functional groups attached to an aromatic ring is 1. The van der Waals surface area contributed by atoms with Gasteiger partial charge >= 0.3 is 0 Å². The molecule has 1 amide bonds. The van der Waals surface area contributed by atoms with Crippen molar-refractivity contribution in [1.82, 2.24) is 29.2 Å². The topological polar surface area (TPSA) is 139 Å². The Morgan fingerprint density at radius 3 is 2.56 bits per heavy atom. The van der Waals surface area contributed by atoms with Gasteiger partial charge in [0.2, 0.25) is 0 Å². The number of primary amides is 1. The van der Waals surface area contributed by atoms with Gasteiger partial charge in [0.1, 0.15) is 29.2 Å². The van der Waals surface area contributed by atoms with Crippen LogP contribution in [0.4, 0.5) is 10.2 Å². The van der Waals surface area contributed by atoms with Crippen LogP contribution in [0.3, 0.4) is 0 Å². The van der Waals surface area contributed by atoms with Crippen LogP contribution in [0.15, 0.2) is 65.8 Å². The lowest BCUT2D eigenvalue weighted by atomic mass is 9.91. The lowest BCUT2D eigenvalue weighted by Crippen LogP contribution is -2.43. The zero-order chi connectivity index (χ0) is 26.8. The summed E-state index contributed by atoms with van der Waals surface area (Å²) in [5.74, 6) is -1.32. The summed E-state index contributed by atoms with van der Waals surface area (Å²) in [5.41, 5.74) is 14.9.